The van der Waals surface area contributed by atoms with Gasteiger partial charge in [-0.25, -0.2) is 0 Å². The fourth-order valence-corrected chi connectivity index (χ4v) is 2.57. The largest absolute Gasteiger partial charge is 0.310 e. The summed E-state index contributed by atoms with van der Waals surface area (Å²) in [6, 6.07) is 11.9. The zero-order chi connectivity index (χ0) is 15.4. The Bertz CT molecular complexity index is 604. The minimum absolute atomic E-state index is 0.0264. The third-order valence-corrected chi connectivity index (χ3v) is 3.91. The van der Waals surface area contributed by atoms with Crippen LogP contribution in [0.1, 0.15) is 37.4 Å². The van der Waals surface area contributed by atoms with E-state index in [0.29, 0.717) is 0 Å². The molecule has 21 heavy (non-hydrogen) atoms. The molecule has 0 aliphatic rings. The molecular formula is C17H23N3O. The quantitative estimate of drug-likeness (QED) is 0.914. The van der Waals surface area contributed by atoms with Crippen molar-refractivity contribution in [3.05, 3.63) is 47.7 Å². The summed E-state index contributed by atoms with van der Waals surface area (Å²) in [5.74, 6) is 0.897. The fourth-order valence-electron chi connectivity index (χ4n) is 2.57. The van der Waals surface area contributed by atoms with E-state index in [0.717, 1.165) is 23.5 Å². The monoisotopic (exact) mass is 285 g/mol. The van der Waals surface area contributed by atoms with Gasteiger partial charge in [0.2, 0.25) is 5.91 Å². The van der Waals surface area contributed by atoms with Gasteiger partial charge in [0.15, 0.2) is 0 Å². The predicted molar refractivity (Wildman–Crippen MR) is 85.2 cm³/mol. The molecule has 0 aliphatic heterocycles. The Morgan fingerprint density at radius 2 is 2.00 bits per heavy atom. The molecule has 1 amide bonds. The summed E-state index contributed by atoms with van der Waals surface area (Å²) in [4.78, 5) is 12.7. The van der Waals surface area contributed by atoms with E-state index in [1.54, 1.807) is 4.68 Å². The van der Waals surface area contributed by atoms with Gasteiger partial charge in [0.25, 0.3) is 0 Å². The van der Waals surface area contributed by atoms with Gasteiger partial charge in [-0.3, -0.25) is 9.48 Å². The molecule has 0 radical (unpaired) electrons. The first kappa shape index (κ1) is 15.3. The van der Waals surface area contributed by atoms with Crippen molar-refractivity contribution in [1.29, 1.82) is 0 Å². The highest BCUT2D eigenvalue weighted by molar-refractivity contribution is 5.95. The van der Waals surface area contributed by atoms with Crippen molar-refractivity contribution in [3.8, 4) is 0 Å². The predicted octanol–water partition coefficient (Wildman–Crippen LogP) is 3.50. The molecule has 4 nitrogen and oxygen atoms in total. The first-order valence-corrected chi connectivity index (χ1v) is 7.39. The lowest BCUT2D eigenvalue weighted by Crippen LogP contribution is -2.27. The van der Waals surface area contributed by atoms with E-state index in [2.05, 4.69) is 24.3 Å². The second-order valence-electron chi connectivity index (χ2n) is 5.56. The van der Waals surface area contributed by atoms with Gasteiger partial charge in [-0.2, -0.15) is 5.10 Å². The smallest absolute Gasteiger partial charge is 0.233 e. The molecule has 0 fully saturated rings. The minimum atomic E-state index is -0.147. The zero-order valence-corrected chi connectivity index (χ0v) is 13.1. The molecule has 4 heteroatoms. The summed E-state index contributed by atoms with van der Waals surface area (Å²) in [6.45, 7) is 6.15. The Morgan fingerprint density at radius 1 is 1.33 bits per heavy atom. The molecule has 1 heterocycles. The van der Waals surface area contributed by atoms with Crippen LogP contribution in [0.3, 0.4) is 0 Å². The van der Waals surface area contributed by atoms with Crippen LogP contribution < -0.4 is 5.32 Å². The van der Waals surface area contributed by atoms with Crippen molar-refractivity contribution in [3.63, 3.8) is 0 Å². The number of hydrogen-bond acceptors (Lipinski definition) is 2. The first-order valence-electron chi connectivity index (χ1n) is 7.39. The Labute approximate surface area is 126 Å². The Morgan fingerprint density at radius 3 is 2.52 bits per heavy atom. The van der Waals surface area contributed by atoms with Crippen molar-refractivity contribution in [2.24, 2.45) is 13.0 Å². The van der Waals surface area contributed by atoms with Crippen molar-refractivity contribution in [2.45, 2.75) is 33.1 Å². The van der Waals surface area contributed by atoms with Gasteiger partial charge >= 0.3 is 0 Å². The fraction of sp³-hybridized carbons (Fsp3) is 0.412. The number of carbonyl (C=O) groups is 1. The number of anilines is 1. The maximum absolute atomic E-state index is 12.7. The highest BCUT2D eigenvalue weighted by Crippen LogP contribution is 2.28. The molecular weight excluding hydrogens is 262 g/mol. The second-order valence-corrected chi connectivity index (χ2v) is 5.56. The van der Waals surface area contributed by atoms with Gasteiger partial charge in [-0.05, 0) is 18.4 Å². The lowest BCUT2D eigenvalue weighted by molar-refractivity contribution is -0.118. The second kappa shape index (κ2) is 6.57. The van der Waals surface area contributed by atoms with Crippen molar-refractivity contribution < 1.29 is 4.79 Å². The average Bonchev–Trinajstić information content (AvgIpc) is 2.78. The van der Waals surface area contributed by atoms with Crippen molar-refractivity contribution in [2.75, 3.05) is 5.32 Å². The number of carbonyl (C=O) groups excluding carboxylic acids is 1. The number of amides is 1. The van der Waals surface area contributed by atoms with Crippen molar-refractivity contribution >= 4 is 11.7 Å². The number of aromatic nitrogens is 2. The van der Waals surface area contributed by atoms with Crippen LogP contribution in [0.5, 0.6) is 0 Å². The van der Waals surface area contributed by atoms with E-state index in [4.69, 9.17) is 0 Å². The van der Waals surface area contributed by atoms with Crippen LogP contribution in [-0.2, 0) is 11.8 Å². The summed E-state index contributed by atoms with van der Waals surface area (Å²) in [6.07, 6.45) is 0.956. The number of nitrogens with zero attached hydrogens (tertiary/aromatic N) is 2. The molecule has 2 atom stereocenters. The molecule has 0 saturated carbocycles. The lowest BCUT2D eigenvalue weighted by Gasteiger charge is -2.22. The van der Waals surface area contributed by atoms with Gasteiger partial charge < -0.3 is 5.32 Å². The lowest BCUT2D eigenvalue weighted by atomic mass is 9.85. The Hall–Kier alpha value is -2.10. The van der Waals surface area contributed by atoms with E-state index in [1.807, 2.05) is 50.4 Å². The Kier molecular flexibility index (Phi) is 4.78. The highest BCUT2D eigenvalue weighted by atomic mass is 16.2. The average molecular weight is 285 g/mol. The first-order chi connectivity index (χ1) is 10.0. The third-order valence-electron chi connectivity index (χ3n) is 3.91. The van der Waals surface area contributed by atoms with Gasteiger partial charge in [0.1, 0.15) is 5.82 Å². The van der Waals surface area contributed by atoms with E-state index in [-0.39, 0.29) is 17.7 Å². The molecule has 2 rings (SSSR count). The Balaban J connectivity index is 2.25. The molecule has 1 aromatic heterocycles. The molecule has 1 aromatic carbocycles. The van der Waals surface area contributed by atoms with E-state index in [9.17, 15) is 4.79 Å². The van der Waals surface area contributed by atoms with Crippen LogP contribution in [0.2, 0.25) is 0 Å². The molecule has 1 N–H and O–H groups in total. The molecule has 0 saturated heterocycles. The number of nitrogens with one attached hydrogen (secondary N) is 1. The number of benzene rings is 1. The number of aryl methyl sites for hydroxylation is 2. The highest BCUT2D eigenvalue weighted by Gasteiger charge is 2.26. The summed E-state index contributed by atoms with van der Waals surface area (Å²) in [5, 5.41) is 7.27. The van der Waals surface area contributed by atoms with Gasteiger partial charge in [-0.15, -0.1) is 0 Å². The summed E-state index contributed by atoms with van der Waals surface area (Å²) in [7, 11) is 1.84. The molecule has 0 aliphatic carbocycles. The van der Waals surface area contributed by atoms with Crippen LogP contribution in [0.25, 0.3) is 0 Å². The van der Waals surface area contributed by atoms with E-state index < -0.39 is 0 Å². The molecule has 0 bridgehead atoms. The summed E-state index contributed by atoms with van der Waals surface area (Å²) in [5.41, 5.74) is 1.95. The third kappa shape index (κ3) is 3.51. The summed E-state index contributed by atoms with van der Waals surface area (Å²) >= 11 is 0. The van der Waals surface area contributed by atoms with E-state index >= 15 is 0 Å². The van der Waals surface area contributed by atoms with Gasteiger partial charge in [-0.1, -0.05) is 50.6 Å². The standard InChI is InChI=1S/C17H23N3O/c1-5-12(2)16(14-9-7-6-8-10-14)17(21)18-15-11-13(3)19-20(15)4/h6-12,16H,5H2,1-4H3,(H,18,21). The topological polar surface area (TPSA) is 46.9 Å². The van der Waals surface area contributed by atoms with Gasteiger partial charge in [0, 0.05) is 13.1 Å². The maximum atomic E-state index is 12.7. The molecule has 112 valence electrons. The van der Waals surface area contributed by atoms with Crippen LogP contribution >= 0.6 is 0 Å². The van der Waals surface area contributed by atoms with E-state index in [1.165, 1.54) is 0 Å². The molecule has 2 unspecified atom stereocenters. The SMILES string of the molecule is CCC(C)C(C(=O)Nc1cc(C)nn1C)c1ccccc1. The number of rotatable bonds is 5. The summed E-state index contributed by atoms with van der Waals surface area (Å²) < 4.78 is 1.70. The molecule has 0 spiro atoms. The maximum Gasteiger partial charge on any atom is 0.233 e. The molecule has 2 aromatic rings. The van der Waals surface area contributed by atoms with Crippen LogP contribution in [0.15, 0.2) is 36.4 Å². The van der Waals surface area contributed by atoms with Crippen LogP contribution in [0.4, 0.5) is 5.82 Å². The normalized spacial score (nSPS) is 13.7. The number of hydrogen-bond donors (Lipinski definition) is 1. The minimum Gasteiger partial charge on any atom is -0.310 e. The van der Waals surface area contributed by atoms with Crippen LogP contribution in [0, 0.1) is 12.8 Å². The van der Waals surface area contributed by atoms with Crippen LogP contribution in [-0.4, -0.2) is 15.7 Å². The van der Waals surface area contributed by atoms with Crippen molar-refractivity contribution in [1.82, 2.24) is 9.78 Å². The zero-order valence-electron chi connectivity index (χ0n) is 13.1. The van der Waals surface area contributed by atoms with Gasteiger partial charge in [0.05, 0.1) is 11.6 Å².